The lowest BCUT2D eigenvalue weighted by molar-refractivity contribution is 0.374. The molecule has 60 valence electrons. The first-order chi connectivity index (χ1) is 5.47. The van der Waals surface area contributed by atoms with Crippen molar-refractivity contribution in [1.29, 1.82) is 0 Å². The van der Waals surface area contributed by atoms with Crippen LogP contribution in [-0.2, 0) is 0 Å². The number of rotatable bonds is 1. The molecule has 1 aliphatic rings. The molecular weight excluding hydrogens is 142 g/mol. The standard InChI is InChI=1S/C7H11N3O/c1-3-8-4-2-6(1)7-10-9-5-11-7/h5-6,8H,1-4H2. The zero-order valence-corrected chi connectivity index (χ0v) is 6.29. The second kappa shape index (κ2) is 3.00. The minimum absolute atomic E-state index is 0.485. The van der Waals surface area contributed by atoms with Gasteiger partial charge < -0.3 is 9.73 Å². The zero-order chi connectivity index (χ0) is 7.52. The largest absolute Gasteiger partial charge is 0.428 e. The Morgan fingerprint density at radius 1 is 1.45 bits per heavy atom. The fourth-order valence-electron chi connectivity index (χ4n) is 1.43. The van der Waals surface area contributed by atoms with Gasteiger partial charge in [-0.05, 0) is 25.9 Å². The minimum Gasteiger partial charge on any atom is -0.428 e. The third-order valence-corrected chi connectivity index (χ3v) is 2.07. The van der Waals surface area contributed by atoms with Gasteiger partial charge in [-0.2, -0.15) is 0 Å². The van der Waals surface area contributed by atoms with Crippen LogP contribution in [0.3, 0.4) is 0 Å². The normalized spacial score (nSPS) is 20.4. The van der Waals surface area contributed by atoms with E-state index in [9.17, 15) is 0 Å². The molecule has 0 amide bonds. The number of aromatic nitrogens is 2. The third-order valence-electron chi connectivity index (χ3n) is 2.07. The summed E-state index contributed by atoms with van der Waals surface area (Å²) in [6, 6.07) is 0. The number of hydrogen-bond acceptors (Lipinski definition) is 4. The molecule has 0 spiro atoms. The fourth-order valence-corrected chi connectivity index (χ4v) is 1.43. The Morgan fingerprint density at radius 3 is 2.91 bits per heavy atom. The zero-order valence-electron chi connectivity index (χ0n) is 6.29. The van der Waals surface area contributed by atoms with Crippen molar-refractivity contribution in [3.63, 3.8) is 0 Å². The highest BCUT2D eigenvalue weighted by molar-refractivity contribution is 4.90. The summed E-state index contributed by atoms with van der Waals surface area (Å²) in [4.78, 5) is 0. The Kier molecular flexibility index (Phi) is 1.85. The topological polar surface area (TPSA) is 51.0 Å². The molecule has 1 aromatic heterocycles. The van der Waals surface area contributed by atoms with Crippen LogP contribution in [0.4, 0.5) is 0 Å². The summed E-state index contributed by atoms with van der Waals surface area (Å²) in [6.45, 7) is 2.13. The van der Waals surface area contributed by atoms with Gasteiger partial charge >= 0.3 is 0 Å². The quantitative estimate of drug-likeness (QED) is 0.639. The number of hydrogen-bond donors (Lipinski definition) is 1. The SMILES string of the molecule is c1nnc(C2CCNCC2)o1. The summed E-state index contributed by atoms with van der Waals surface area (Å²) in [6.07, 6.45) is 3.63. The van der Waals surface area contributed by atoms with Gasteiger partial charge in [-0.3, -0.25) is 0 Å². The van der Waals surface area contributed by atoms with E-state index in [1.165, 1.54) is 6.39 Å². The highest BCUT2D eigenvalue weighted by atomic mass is 16.4. The second-order valence-electron chi connectivity index (χ2n) is 2.80. The Balaban J connectivity index is 2.04. The lowest BCUT2D eigenvalue weighted by atomic mass is 9.98. The molecule has 1 aromatic rings. The van der Waals surface area contributed by atoms with Crippen LogP contribution in [0.25, 0.3) is 0 Å². The van der Waals surface area contributed by atoms with Crippen LogP contribution in [-0.4, -0.2) is 23.3 Å². The summed E-state index contributed by atoms with van der Waals surface area (Å²) >= 11 is 0. The van der Waals surface area contributed by atoms with E-state index in [1.54, 1.807) is 0 Å². The first-order valence-electron chi connectivity index (χ1n) is 3.93. The smallest absolute Gasteiger partial charge is 0.219 e. The van der Waals surface area contributed by atoms with Crippen molar-refractivity contribution in [2.75, 3.05) is 13.1 Å². The second-order valence-corrected chi connectivity index (χ2v) is 2.80. The minimum atomic E-state index is 0.485. The van der Waals surface area contributed by atoms with Gasteiger partial charge in [0.2, 0.25) is 12.3 Å². The molecule has 0 radical (unpaired) electrons. The average molecular weight is 153 g/mol. The van der Waals surface area contributed by atoms with E-state index < -0.39 is 0 Å². The van der Waals surface area contributed by atoms with E-state index in [-0.39, 0.29) is 0 Å². The molecule has 4 nitrogen and oxygen atoms in total. The maximum atomic E-state index is 5.12. The molecule has 0 aliphatic carbocycles. The van der Waals surface area contributed by atoms with Gasteiger partial charge in [0.25, 0.3) is 0 Å². The predicted molar refractivity (Wildman–Crippen MR) is 39.1 cm³/mol. The molecule has 0 atom stereocenters. The third kappa shape index (κ3) is 1.40. The van der Waals surface area contributed by atoms with E-state index >= 15 is 0 Å². The fraction of sp³-hybridized carbons (Fsp3) is 0.714. The van der Waals surface area contributed by atoms with Crippen molar-refractivity contribution < 1.29 is 4.42 Å². The maximum absolute atomic E-state index is 5.12. The molecule has 1 saturated heterocycles. The van der Waals surface area contributed by atoms with Crippen LogP contribution in [0, 0.1) is 0 Å². The van der Waals surface area contributed by atoms with Crippen LogP contribution < -0.4 is 5.32 Å². The number of nitrogens with one attached hydrogen (secondary N) is 1. The molecule has 1 aliphatic heterocycles. The molecular formula is C7H11N3O. The summed E-state index contributed by atoms with van der Waals surface area (Å²) in [5.74, 6) is 1.28. The first kappa shape index (κ1) is 6.79. The molecule has 2 rings (SSSR count). The summed E-state index contributed by atoms with van der Waals surface area (Å²) < 4.78 is 5.12. The number of piperidine rings is 1. The van der Waals surface area contributed by atoms with Crippen LogP contribution in [0.2, 0.25) is 0 Å². The van der Waals surface area contributed by atoms with Crippen molar-refractivity contribution in [2.45, 2.75) is 18.8 Å². The molecule has 2 heterocycles. The van der Waals surface area contributed by atoms with E-state index in [1.807, 2.05) is 0 Å². The van der Waals surface area contributed by atoms with Crippen molar-refractivity contribution in [3.8, 4) is 0 Å². The van der Waals surface area contributed by atoms with Gasteiger partial charge in [0, 0.05) is 5.92 Å². The van der Waals surface area contributed by atoms with Crippen LogP contribution in [0.5, 0.6) is 0 Å². The van der Waals surface area contributed by atoms with Crippen molar-refractivity contribution in [3.05, 3.63) is 12.3 Å². The van der Waals surface area contributed by atoms with Crippen molar-refractivity contribution in [2.24, 2.45) is 0 Å². The molecule has 1 fully saturated rings. The molecule has 0 bridgehead atoms. The van der Waals surface area contributed by atoms with Gasteiger partial charge in [-0.1, -0.05) is 0 Å². The van der Waals surface area contributed by atoms with E-state index in [2.05, 4.69) is 15.5 Å². The Hall–Kier alpha value is -0.900. The Morgan fingerprint density at radius 2 is 2.27 bits per heavy atom. The first-order valence-corrected chi connectivity index (χ1v) is 3.93. The summed E-state index contributed by atoms with van der Waals surface area (Å²) in [7, 11) is 0. The molecule has 0 unspecified atom stereocenters. The maximum Gasteiger partial charge on any atom is 0.219 e. The lowest BCUT2D eigenvalue weighted by Gasteiger charge is -2.18. The van der Waals surface area contributed by atoms with Crippen LogP contribution in [0.1, 0.15) is 24.7 Å². The van der Waals surface area contributed by atoms with Crippen LogP contribution in [0.15, 0.2) is 10.8 Å². The Labute approximate surface area is 65.0 Å². The van der Waals surface area contributed by atoms with Crippen LogP contribution >= 0.6 is 0 Å². The monoisotopic (exact) mass is 153 g/mol. The highest BCUT2D eigenvalue weighted by Crippen LogP contribution is 2.22. The molecule has 4 heteroatoms. The molecule has 1 N–H and O–H groups in total. The van der Waals surface area contributed by atoms with E-state index in [4.69, 9.17) is 4.42 Å². The van der Waals surface area contributed by atoms with Crippen molar-refractivity contribution >= 4 is 0 Å². The summed E-state index contributed by atoms with van der Waals surface area (Å²) in [5.41, 5.74) is 0. The van der Waals surface area contributed by atoms with Crippen molar-refractivity contribution in [1.82, 2.24) is 15.5 Å². The average Bonchev–Trinajstić information content (AvgIpc) is 2.58. The van der Waals surface area contributed by atoms with E-state index in [0.717, 1.165) is 31.8 Å². The predicted octanol–water partition coefficient (Wildman–Crippen LogP) is 0.537. The van der Waals surface area contributed by atoms with Gasteiger partial charge in [-0.25, -0.2) is 0 Å². The lowest BCUT2D eigenvalue weighted by Crippen LogP contribution is -2.26. The van der Waals surface area contributed by atoms with Gasteiger partial charge in [0.15, 0.2) is 0 Å². The highest BCUT2D eigenvalue weighted by Gasteiger charge is 2.18. The van der Waals surface area contributed by atoms with Gasteiger partial charge in [-0.15, -0.1) is 10.2 Å². The van der Waals surface area contributed by atoms with Gasteiger partial charge in [0.1, 0.15) is 0 Å². The van der Waals surface area contributed by atoms with E-state index in [0.29, 0.717) is 5.92 Å². The summed E-state index contributed by atoms with van der Waals surface area (Å²) in [5, 5.41) is 10.8. The Bertz CT molecular complexity index is 203. The number of nitrogens with zero attached hydrogens (tertiary/aromatic N) is 2. The molecule has 11 heavy (non-hydrogen) atoms. The molecule has 0 saturated carbocycles. The molecule has 0 aromatic carbocycles. The van der Waals surface area contributed by atoms with Gasteiger partial charge in [0.05, 0.1) is 0 Å².